The Morgan fingerprint density at radius 1 is 0.615 bits per heavy atom. The van der Waals surface area contributed by atoms with Crippen LogP contribution in [0.2, 0.25) is 0 Å². The molecule has 22 N–H and O–H groups in total. The van der Waals surface area contributed by atoms with Crippen LogP contribution < -0.4 is 17.2 Å². The van der Waals surface area contributed by atoms with E-state index in [1.807, 2.05) is 0 Å². The number of phosphoric acid groups is 9. The van der Waals surface area contributed by atoms with Gasteiger partial charge in [0.05, 0.1) is 19.5 Å². The summed E-state index contributed by atoms with van der Waals surface area (Å²) in [6.07, 6.45) is -4.02. The van der Waals surface area contributed by atoms with Gasteiger partial charge in [-0.3, -0.25) is 18.1 Å². The van der Waals surface area contributed by atoms with Crippen molar-refractivity contribution in [2.24, 2.45) is 21.5 Å². The van der Waals surface area contributed by atoms with Crippen LogP contribution in [-0.4, -0.2) is 212 Å². The number of aliphatic hydroxyl groups is 4. The van der Waals surface area contributed by atoms with Gasteiger partial charge in [0.2, 0.25) is 12.5 Å². The average molecular weight is 1580 g/mol. The van der Waals surface area contributed by atoms with Crippen LogP contribution in [0.4, 0.5) is 27.8 Å². The Kier molecular flexibility index (Phi) is 25.1. The smallest absolute Gasteiger partial charge is 0.387 e. The van der Waals surface area contributed by atoms with Gasteiger partial charge in [-0.2, -0.15) is 43.4 Å². The second-order valence-electron chi connectivity index (χ2n) is 19.1. The van der Waals surface area contributed by atoms with Gasteiger partial charge < -0.3 is 120 Å². The number of amidine groups is 2. The Bertz CT molecular complexity index is 3950. The van der Waals surface area contributed by atoms with Crippen LogP contribution >= 0.6 is 70.4 Å². The molecule has 0 aromatic carbocycles. The molecule has 0 spiro atoms. The number of nitrogens with two attached hydrogens (primary N) is 3. The lowest BCUT2D eigenvalue weighted by Crippen LogP contribution is -2.50. The normalized spacial score (nSPS) is 31.2. The number of imidazole rings is 1. The van der Waals surface area contributed by atoms with Gasteiger partial charge >= 0.3 is 82.2 Å². The second-order valence-corrected chi connectivity index (χ2v) is 32.3. The van der Waals surface area contributed by atoms with Crippen molar-refractivity contribution in [1.82, 2.24) is 29.3 Å². The summed E-state index contributed by atoms with van der Waals surface area (Å²) in [5.41, 5.74) is 8.70. The minimum atomic E-state index is -5.88. The summed E-state index contributed by atoms with van der Waals surface area (Å²) < 4.78 is 225. The zero-order chi connectivity index (χ0) is 73.6. The number of phosphoric ester groups is 3. The molecule has 16 atom stereocenters. The lowest BCUT2D eigenvalue weighted by Gasteiger charge is -2.32. The number of hydrogen-bond donors (Lipinski definition) is 19. The molecular weight excluding hydrogens is 1530 g/mol. The van der Waals surface area contributed by atoms with E-state index in [-0.39, 0.29) is 40.3 Å². The second kappa shape index (κ2) is 29.2. The van der Waals surface area contributed by atoms with Gasteiger partial charge in [-0.15, -0.1) is 6.42 Å². The molecule has 7 rings (SSSR count). The first-order valence-electron chi connectivity index (χ1n) is 24.0. The van der Waals surface area contributed by atoms with Gasteiger partial charge in [-0.25, -0.2) is 70.4 Å². The Morgan fingerprint density at radius 2 is 1.03 bits per heavy atom. The SMILES string of the molecule is C#C[C@]1(COP(=O)(O)OP(=O)(O)OP(=O)(O)O)O[C@@H](N2C=CC(N)=NC2=C)C(F)(F)[C@@H]1O.C=C1N=C(N)C=CN1[C@@H]1O[C@](C)(COP(=O)(O)OP(=O)(O)OP(=O)(O)O)[C@@H](O)C1(F)F.Nc1ncnc2c1ncn2[C@@H]1O[C@H](COP(=O)(O)OP(=O)(O)OP(=O)(O)O)[C@@H](O)[C@]1(O)CF. The van der Waals surface area contributed by atoms with Crippen molar-refractivity contribution in [1.29, 1.82) is 0 Å². The molecule has 5 aliphatic heterocycles. The van der Waals surface area contributed by atoms with Crippen LogP contribution in [0.3, 0.4) is 0 Å². The minimum absolute atomic E-state index is 0.0138. The van der Waals surface area contributed by atoms with Crippen LogP contribution in [-0.2, 0) is 94.7 Å². The first-order chi connectivity index (χ1) is 43.2. The molecule has 0 saturated carbocycles. The Labute approximate surface area is 529 Å². The summed E-state index contributed by atoms with van der Waals surface area (Å²) in [6, 6.07) is 0. The van der Waals surface area contributed by atoms with E-state index in [4.69, 9.17) is 81.9 Å². The maximum absolute atomic E-state index is 14.7. The number of alkyl halides is 5. The number of fused-ring (bicyclic) bond motifs is 1. The third-order valence-corrected chi connectivity index (χ3v) is 23.2. The van der Waals surface area contributed by atoms with Crippen molar-refractivity contribution in [3.8, 4) is 12.3 Å². The van der Waals surface area contributed by atoms with E-state index in [0.29, 0.717) is 4.90 Å². The van der Waals surface area contributed by atoms with E-state index in [1.54, 1.807) is 5.92 Å². The van der Waals surface area contributed by atoms with E-state index < -0.39 is 169 Å². The molecular formula is C34H51F5N11O37P9. The molecule has 5 aliphatic rings. The van der Waals surface area contributed by atoms with Crippen LogP contribution in [0.15, 0.2) is 72.0 Å². The summed E-state index contributed by atoms with van der Waals surface area (Å²) in [5.74, 6) is -7.28. The van der Waals surface area contributed by atoms with Crippen LogP contribution in [0.5, 0.6) is 0 Å². The minimum Gasteiger partial charge on any atom is -0.387 e. The molecule has 2 aromatic heterocycles. The van der Waals surface area contributed by atoms with Crippen LogP contribution in [0.25, 0.3) is 11.2 Å². The molecule has 544 valence electrons. The van der Waals surface area contributed by atoms with Crippen LogP contribution in [0.1, 0.15) is 13.2 Å². The molecule has 0 radical (unpaired) electrons. The summed E-state index contributed by atoms with van der Waals surface area (Å²) >= 11 is 0. The molecule has 0 amide bonds. The summed E-state index contributed by atoms with van der Waals surface area (Å²) in [5, 5.41) is 41.2. The number of hydrogen-bond acceptors (Lipinski definition) is 35. The van der Waals surface area contributed by atoms with Crippen molar-refractivity contribution >= 4 is 99.1 Å². The Hall–Kier alpha value is -3.99. The van der Waals surface area contributed by atoms with Gasteiger partial charge in [0, 0.05) is 12.4 Å². The zero-order valence-electron chi connectivity index (χ0n) is 46.8. The predicted octanol–water partition coefficient (Wildman–Crippen LogP) is -1.48. The number of ether oxygens (including phenoxy) is 3. The highest BCUT2D eigenvalue weighted by Gasteiger charge is 2.69. The predicted molar refractivity (Wildman–Crippen MR) is 295 cm³/mol. The van der Waals surface area contributed by atoms with Crippen LogP contribution in [0, 0.1) is 12.3 Å². The van der Waals surface area contributed by atoms with Gasteiger partial charge in [-0.1, -0.05) is 19.1 Å². The van der Waals surface area contributed by atoms with Crippen molar-refractivity contribution in [3.05, 3.63) is 62.0 Å². The first kappa shape index (κ1) is 82.7. The molecule has 0 aliphatic carbocycles. The number of rotatable bonds is 25. The number of nitrogen functional groups attached to an aromatic ring is 1. The summed E-state index contributed by atoms with van der Waals surface area (Å²) in [7, 11) is -51.3. The molecule has 3 saturated heterocycles. The highest BCUT2D eigenvalue weighted by Crippen LogP contribution is 2.69. The lowest BCUT2D eigenvalue weighted by molar-refractivity contribution is -0.152. The number of aliphatic hydroxyl groups excluding tert-OH is 3. The van der Waals surface area contributed by atoms with E-state index in [0.717, 1.165) is 53.6 Å². The molecule has 7 heterocycles. The number of terminal acetylenes is 1. The third kappa shape index (κ3) is 20.8. The fourth-order valence-corrected chi connectivity index (χ4v) is 17.1. The van der Waals surface area contributed by atoms with Crippen molar-refractivity contribution in [3.63, 3.8) is 0 Å². The van der Waals surface area contributed by atoms with Gasteiger partial charge in [0.1, 0.15) is 66.2 Å². The van der Waals surface area contributed by atoms with Crippen molar-refractivity contribution in [2.75, 3.05) is 32.2 Å². The third-order valence-electron chi connectivity index (χ3n) is 11.8. The fraction of sp³-hybridized carbons (Fsp3) is 0.500. The summed E-state index contributed by atoms with van der Waals surface area (Å²) in [6.45, 7) is 2.15. The number of nitrogens with zero attached hydrogens (tertiary/aromatic N) is 8. The molecule has 96 heavy (non-hydrogen) atoms. The molecule has 2 aromatic rings. The fourth-order valence-electron chi connectivity index (χ4n) is 7.91. The molecule has 48 nitrogen and oxygen atoms in total. The number of halogens is 5. The van der Waals surface area contributed by atoms with Crippen molar-refractivity contribution in [2.45, 2.75) is 78.7 Å². The number of aromatic nitrogens is 4. The maximum atomic E-state index is 14.7. The van der Waals surface area contributed by atoms with E-state index >= 15 is 0 Å². The average Bonchev–Trinajstić information content (AvgIpc) is 1.60. The highest BCUT2D eigenvalue weighted by atomic mass is 31.3. The molecule has 62 heteroatoms. The van der Waals surface area contributed by atoms with E-state index in [9.17, 15) is 98.1 Å². The Balaban J connectivity index is 0.000000261. The van der Waals surface area contributed by atoms with Gasteiger partial charge in [-0.05, 0) is 19.1 Å². The molecule has 6 unspecified atom stereocenters. The van der Waals surface area contributed by atoms with E-state index in [2.05, 4.69) is 77.5 Å². The standard InChI is InChI=1S/C12H16F2N3O12P3.C11H18F2N3O12P3.C11H17FN5O13P3/c1-3-11(6-26-31(22,23)29-32(24,25)28-30(19,20)21)9(18)12(13,14)10(27-11)17-5-4-8(15)16-7(17)2;1-6-15-7(14)3-4-16(6)9-11(12,13)8(17)10(2,26-9)5-25-30(21,22)28-31(23,24)27-29(18,19)20;12-2-11(19)7(18)5(1-27-32(23,24)30-33(25,26)29-31(20,21)22)28-10(11)17-4-16-6-8(13)14-3-15-9(6)17/h1,4-5,9-10,18H,2,6H2,(H2,15,16)(H,22,23)(H,24,25)(H2,19,20,21);3-4,8-9,17H,1,5H2,2H3,(H2,14,15)(H,21,22)(H,23,24)(H2,18,19,20);3-5,7,10,18-19H,1-2H2,(H,23,24)(H,25,26)(H2,13,14,15)(H2,20,21,22)/t9-,10-,11-;8-,9-,10-;5-,7-,10-,11-/m111/s1. The quantitative estimate of drug-likeness (QED) is 0.0306. The largest absolute Gasteiger partial charge is 0.490 e. The lowest BCUT2D eigenvalue weighted by atomic mass is 9.95. The first-order valence-corrected chi connectivity index (χ1v) is 37.6. The number of anilines is 1. The molecule has 0 bridgehead atoms. The molecule has 3 fully saturated rings. The summed E-state index contributed by atoms with van der Waals surface area (Å²) in [4.78, 5) is 127. The zero-order valence-corrected chi connectivity index (χ0v) is 54.8. The van der Waals surface area contributed by atoms with E-state index in [1.165, 1.54) is 0 Å². The Morgan fingerprint density at radius 3 is 1.45 bits per heavy atom. The van der Waals surface area contributed by atoms with Gasteiger partial charge in [0.25, 0.3) is 0 Å². The number of aliphatic imine (C=N–C) groups is 2. The monoisotopic (exact) mass is 1580 g/mol. The maximum Gasteiger partial charge on any atom is 0.490 e. The van der Waals surface area contributed by atoms with Crippen molar-refractivity contribution < 1.29 is 196 Å². The highest BCUT2D eigenvalue weighted by molar-refractivity contribution is 7.67. The topological polar surface area (TPSA) is 741 Å². The van der Waals surface area contributed by atoms with Gasteiger partial charge in [0.15, 0.2) is 41.1 Å².